The summed E-state index contributed by atoms with van der Waals surface area (Å²) in [6.07, 6.45) is 2.80. The Morgan fingerprint density at radius 2 is 1.75 bits per heavy atom. The maximum atomic E-state index is 12.9. The number of unbranched alkanes of at least 4 members (excludes halogenated alkanes) is 2. The average molecular weight is 323 g/mol. The van der Waals surface area contributed by atoms with Gasteiger partial charge in [0.1, 0.15) is 11.6 Å². The van der Waals surface area contributed by atoms with Crippen LogP contribution < -0.4 is 11.3 Å². The molecule has 0 aliphatic heterocycles. The number of hydrogen-bond donors (Lipinski definition) is 2. The normalized spacial score (nSPS) is 11.0. The van der Waals surface area contributed by atoms with E-state index in [0.29, 0.717) is 29.8 Å². The predicted molar refractivity (Wildman–Crippen MR) is 96.0 cm³/mol. The van der Waals surface area contributed by atoms with Gasteiger partial charge in [-0.2, -0.15) is 0 Å². The van der Waals surface area contributed by atoms with Gasteiger partial charge in [0.15, 0.2) is 0 Å². The first-order chi connectivity index (χ1) is 11.7. The summed E-state index contributed by atoms with van der Waals surface area (Å²) in [5.41, 5.74) is 7.01. The van der Waals surface area contributed by atoms with Crippen LogP contribution in [-0.4, -0.2) is 21.2 Å². The van der Waals surface area contributed by atoms with Gasteiger partial charge in [-0.25, -0.2) is 4.98 Å². The van der Waals surface area contributed by atoms with E-state index in [4.69, 9.17) is 10.7 Å². The van der Waals surface area contributed by atoms with E-state index in [1.54, 1.807) is 28.8 Å². The second-order valence-corrected chi connectivity index (χ2v) is 5.81. The molecule has 3 aromatic rings. The van der Waals surface area contributed by atoms with Crippen molar-refractivity contribution in [3.63, 3.8) is 0 Å². The molecule has 1 aromatic heterocycles. The molecule has 0 amide bonds. The number of fused-ring (bicyclic) bond motifs is 1. The highest BCUT2D eigenvalue weighted by Gasteiger charge is 2.12. The second-order valence-electron chi connectivity index (χ2n) is 5.81. The number of benzene rings is 2. The lowest BCUT2D eigenvalue weighted by atomic mass is 10.1. The lowest BCUT2D eigenvalue weighted by Gasteiger charge is -2.14. The van der Waals surface area contributed by atoms with Crippen LogP contribution >= 0.6 is 0 Å². The highest BCUT2D eigenvalue weighted by molar-refractivity contribution is 5.79. The summed E-state index contributed by atoms with van der Waals surface area (Å²) in [5, 5.41) is 10.1. The zero-order chi connectivity index (χ0) is 16.9. The first kappa shape index (κ1) is 16.2. The van der Waals surface area contributed by atoms with Gasteiger partial charge >= 0.3 is 0 Å². The highest BCUT2D eigenvalue weighted by Crippen LogP contribution is 2.21. The Balaban J connectivity index is 2.10. The minimum Gasteiger partial charge on any atom is -0.508 e. The van der Waals surface area contributed by atoms with Crippen LogP contribution in [0.5, 0.6) is 5.75 Å². The zero-order valence-corrected chi connectivity index (χ0v) is 13.5. The molecule has 24 heavy (non-hydrogen) atoms. The molecule has 3 N–H and O–H groups in total. The van der Waals surface area contributed by atoms with Gasteiger partial charge in [-0.05, 0) is 55.8 Å². The van der Waals surface area contributed by atoms with Crippen molar-refractivity contribution in [2.75, 3.05) is 6.54 Å². The minimum atomic E-state index is -0.0311. The summed E-state index contributed by atoms with van der Waals surface area (Å²) in [6, 6.07) is 14.2. The van der Waals surface area contributed by atoms with Gasteiger partial charge in [-0.15, -0.1) is 0 Å². The van der Waals surface area contributed by atoms with Crippen molar-refractivity contribution in [2.24, 2.45) is 5.73 Å². The first-order valence-electron chi connectivity index (χ1n) is 8.20. The van der Waals surface area contributed by atoms with E-state index in [2.05, 4.69) is 0 Å². The number of phenols is 1. The molecule has 0 saturated carbocycles. The number of hydrogen-bond acceptors (Lipinski definition) is 4. The van der Waals surface area contributed by atoms with E-state index in [1.165, 1.54) is 0 Å². The Morgan fingerprint density at radius 1 is 1.00 bits per heavy atom. The molecule has 0 aliphatic carbocycles. The second kappa shape index (κ2) is 7.27. The van der Waals surface area contributed by atoms with Gasteiger partial charge in [0.25, 0.3) is 5.56 Å². The standard InChI is InChI=1S/C19H21N3O2/c20-12-4-1-5-13-22-18(14-8-10-15(23)11-9-14)21-17-7-3-2-6-16(17)19(22)24/h2-3,6-11,23H,1,4-5,12-13,20H2. The lowest BCUT2D eigenvalue weighted by Crippen LogP contribution is -2.23. The van der Waals surface area contributed by atoms with Gasteiger partial charge in [-0.3, -0.25) is 9.36 Å². The Bertz CT molecular complexity index is 885. The van der Waals surface area contributed by atoms with Crippen molar-refractivity contribution < 1.29 is 5.11 Å². The highest BCUT2D eigenvalue weighted by atomic mass is 16.3. The molecule has 5 nitrogen and oxygen atoms in total. The number of nitrogens with two attached hydrogens (primary N) is 1. The van der Waals surface area contributed by atoms with Crippen molar-refractivity contribution in [2.45, 2.75) is 25.8 Å². The fourth-order valence-electron chi connectivity index (χ4n) is 2.80. The van der Waals surface area contributed by atoms with Crippen molar-refractivity contribution in [3.05, 3.63) is 58.9 Å². The predicted octanol–water partition coefficient (Wildman–Crippen LogP) is 2.90. The Labute approximate surface area is 140 Å². The number of phenolic OH excluding ortho intramolecular Hbond substituents is 1. The summed E-state index contributed by atoms with van der Waals surface area (Å²) in [6.45, 7) is 1.27. The summed E-state index contributed by atoms with van der Waals surface area (Å²) >= 11 is 0. The Morgan fingerprint density at radius 3 is 2.50 bits per heavy atom. The van der Waals surface area contributed by atoms with Gasteiger partial charge in [0.2, 0.25) is 0 Å². The number of nitrogens with zero attached hydrogens (tertiary/aromatic N) is 2. The summed E-state index contributed by atoms with van der Waals surface area (Å²) < 4.78 is 1.73. The van der Waals surface area contributed by atoms with Crippen LogP contribution in [0.15, 0.2) is 53.3 Å². The maximum absolute atomic E-state index is 12.9. The number of para-hydroxylation sites is 1. The first-order valence-corrected chi connectivity index (χ1v) is 8.20. The number of rotatable bonds is 6. The van der Waals surface area contributed by atoms with Gasteiger partial charge in [0, 0.05) is 12.1 Å². The van der Waals surface area contributed by atoms with Gasteiger partial charge in [-0.1, -0.05) is 18.6 Å². The molecule has 0 saturated heterocycles. The van der Waals surface area contributed by atoms with Crippen LogP contribution in [0.1, 0.15) is 19.3 Å². The summed E-state index contributed by atoms with van der Waals surface area (Å²) in [7, 11) is 0. The molecule has 2 aromatic carbocycles. The molecule has 0 atom stereocenters. The third-order valence-electron chi connectivity index (χ3n) is 4.07. The van der Waals surface area contributed by atoms with Crippen LogP contribution in [0.3, 0.4) is 0 Å². The molecule has 0 bridgehead atoms. The van der Waals surface area contributed by atoms with E-state index < -0.39 is 0 Å². The number of aromatic hydroxyl groups is 1. The van der Waals surface area contributed by atoms with E-state index in [0.717, 1.165) is 24.8 Å². The zero-order valence-electron chi connectivity index (χ0n) is 13.5. The molecular formula is C19H21N3O2. The molecular weight excluding hydrogens is 302 g/mol. The van der Waals surface area contributed by atoms with Crippen LogP contribution in [-0.2, 0) is 6.54 Å². The maximum Gasteiger partial charge on any atom is 0.261 e. The van der Waals surface area contributed by atoms with Crippen LogP contribution in [0, 0.1) is 0 Å². The van der Waals surface area contributed by atoms with E-state index >= 15 is 0 Å². The summed E-state index contributed by atoms with van der Waals surface area (Å²) in [5.74, 6) is 0.822. The summed E-state index contributed by atoms with van der Waals surface area (Å²) in [4.78, 5) is 17.6. The molecule has 0 unspecified atom stereocenters. The molecule has 1 heterocycles. The third kappa shape index (κ3) is 3.31. The van der Waals surface area contributed by atoms with Gasteiger partial charge in [0.05, 0.1) is 10.9 Å². The quantitative estimate of drug-likeness (QED) is 0.683. The smallest absolute Gasteiger partial charge is 0.261 e. The fourth-order valence-corrected chi connectivity index (χ4v) is 2.80. The van der Waals surface area contributed by atoms with Crippen molar-refractivity contribution >= 4 is 10.9 Å². The molecule has 0 radical (unpaired) electrons. The Kier molecular flexibility index (Phi) is 4.91. The van der Waals surface area contributed by atoms with Crippen molar-refractivity contribution in [1.82, 2.24) is 9.55 Å². The van der Waals surface area contributed by atoms with E-state index in [-0.39, 0.29) is 11.3 Å². The molecule has 0 aliphatic rings. The van der Waals surface area contributed by atoms with E-state index in [1.807, 2.05) is 24.3 Å². The van der Waals surface area contributed by atoms with Gasteiger partial charge < -0.3 is 10.8 Å². The van der Waals surface area contributed by atoms with Crippen molar-refractivity contribution in [3.8, 4) is 17.1 Å². The monoisotopic (exact) mass is 323 g/mol. The molecule has 124 valence electrons. The average Bonchev–Trinajstić information content (AvgIpc) is 2.61. The van der Waals surface area contributed by atoms with Crippen molar-refractivity contribution in [1.29, 1.82) is 0 Å². The third-order valence-corrected chi connectivity index (χ3v) is 4.07. The topological polar surface area (TPSA) is 81.1 Å². The lowest BCUT2D eigenvalue weighted by molar-refractivity contribution is 0.475. The van der Waals surface area contributed by atoms with Crippen LogP contribution in [0.25, 0.3) is 22.3 Å². The fraction of sp³-hybridized carbons (Fsp3) is 0.263. The van der Waals surface area contributed by atoms with Crippen LogP contribution in [0.2, 0.25) is 0 Å². The molecule has 5 heteroatoms. The Hall–Kier alpha value is -2.66. The SMILES string of the molecule is NCCCCCn1c(-c2ccc(O)cc2)nc2ccccc2c1=O. The number of aromatic nitrogens is 2. The van der Waals surface area contributed by atoms with E-state index in [9.17, 15) is 9.90 Å². The van der Waals surface area contributed by atoms with Crippen LogP contribution in [0.4, 0.5) is 0 Å². The minimum absolute atomic E-state index is 0.0311. The molecule has 0 fully saturated rings. The molecule has 3 rings (SSSR count). The largest absolute Gasteiger partial charge is 0.508 e. The molecule has 0 spiro atoms.